The smallest absolute Gasteiger partial charge is 0.101 e. The molecule has 1 N–H and O–H groups in total. The van der Waals surface area contributed by atoms with Crippen molar-refractivity contribution in [2.45, 2.75) is 37.8 Å². The van der Waals surface area contributed by atoms with Crippen molar-refractivity contribution >= 4 is 5.69 Å². The lowest BCUT2D eigenvalue weighted by molar-refractivity contribution is 0.0669. The van der Waals surface area contributed by atoms with Gasteiger partial charge >= 0.3 is 0 Å². The molecule has 0 saturated heterocycles. The van der Waals surface area contributed by atoms with Gasteiger partial charge in [-0.1, -0.05) is 0 Å². The van der Waals surface area contributed by atoms with Crippen LogP contribution in [0.1, 0.15) is 36.8 Å². The van der Waals surface area contributed by atoms with E-state index in [0.29, 0.717) is 23.3 Å². The molecule has 1 aromatic carbocycles. The zero-order chi connectivity index (χ0) is 13.7. The topological polar surface area (TPSA) is 68.8 Å². The van der Waals surface area contributed by atoms with Gasteiger partial charge in [-0.2, -0.15) is 10.5 Å². The van der Waals surface area contributed by atoms with E-state index in [2.05, 4.69) is 11.4 Å². The third kappa shape index (κ3) is 3.24. The van der Waals surface area contributed by atoms with Crippen molar-refractivity contribution in [1.29, 1.82) is 10.5 Å². The predicted molar refractivity (Wildman–Crippen MR) is 72.5 cm³/mol. The van der Waals surface area contributed by atoms with Crippen LogP contribution in [0.2, 0.25) is 0 Å². The van der Waals surface area contributed by atoms with Crippen LogP contribution in [0, 0.1) is 22.7 Å². The molecule has 4 heteroatoms. The molecule has 2 rings (SSSR count). The van der Waals surface area contributed by atoms with Crippen LogP contribution in [0.15, 0.2) is 18.2 Å². The molecule has 1 aliphatic carbocycles. The number of benzene rings is 1. The van der Waals surface area contributed by atoms with Crippen molar-refractivity contribution in [3.05, 3.63) is 29.3 Å². The second kappa shape index (κ2) is 6.22. The minimum atomic E-state index is 0.320. The number of nitrogens with one attached hydrogen (secondary N) is 1. The molecule has 19 heavy (non-hydrogen) atoms. The van der Waals surface area contributed by atoms with Crippen molar-refractivity contribution in [1.82, 2.24) is 0 Å². The second-order valence-electron chi connectivity index (χ2n) is 4.85. The maximum Gasteiger partial charge on any atom is 0.101 e. The Morgan fingerprint density at radius 3 is 2.68 bits per heavy atom. The normalized spacial score (nSPS) is 22.3. The summed E-state index contributed by atoms with van der Waals surface area (Å²) in [5, 5.41) is 21.3. The Morgan fingerprint density at radius 1 is 1.21 bits per heavy atom. The van der Waals surface area contributed by atoms with Crippen LogP contribution in [0.3, 0.4) is 0 Å². The van der Waals surface area contributed by atoms with Crippen molar-refractivity contribution < 1.29 is 4.74 Å². The van der Waals surface area contributed by atoms with Gasteiger partial charge in [-0.05, 0) is 43.9 Å². The lowest BCUT2D eigenvalue weighted by Crippen LogP contribution is -2.31. The van der Waals surface area contributed by atoms with Crippen LogP contribution in [-0.2, 0) is 4.74 Å². The van der Waals surface area contributed by atoms with Crippen LogP contribution >= 0.6 is 0 Å². The average Bonchev–Trinajstić information content (AvgIpc) is 2.47. The molecule has 1 saturated carbocycles. The van der Waals surface area contributed by atoms with Crippen LogP contribution in [-0.4, -0.2) is 19.3 Å². The lowest BCUT2D eigenvalue weighted by atomic mass is 9.92. The summed E-state index contributed by atoms with van der Waals surface area (Å²) in [6, 6.07) is 9.75. The maximum atomic E-state index is 9.01. The van der Waals surface area contributed by atoms with Gasteiger partial charge in [0.25, 0.3) is 0 Å². The summed E-state index contributed by atoms with van der Waals surface area (Å²) in [6.45, 7) is 0. The van der Waals surface area contributed by atoms with E-state index in [-0.39, 0.29) is 0 Å². The van der Waals surface area contributed by atoms with Gasteiger partial charge in [0.05, 0.1) is 17.2 Å². The number of hydrogen-bond acceptors (Lipinski definition) is 4. The second-order valence-corrected chi connectivity index (χ2v) is 4.85. The Morgan fingerprint density at radius 2 is 2.00 bits per heavy atom. The summed E-state index contributed by atoms with van der Waals surface area (Å²) in [4.78, 5) is 0. The Labute approximate surface area is 113 Å². The van der Waals surface area contributed by atoms with Gasteiger partial charge in [-0.3, -0.25) is 0 Å². The highest BCUT2D eigenvalue weighted by molar-refractivity contribution is 5.56. The van der Waals surface area contributed by atoms with Crippen molar-refractivity contribution in [2.75, 3.05) is 12.4 Å². The van der Waals surface area contributed by atoms with Crippen LogP contribution in [0.5, 0.6) is 0 Å². The van der Waals surface area contributed by atoms with E-state index in [1.54, 1.807) is 19.2 Å². The first-order valence-electron chi connectivity index (χ1n) is 6.50. The maximum absolute atomic E-state index is 9.01. The first kappa shape index (κ1) is 13.4. The SMILES string of the molecule is COC1CCCC(Nc2ccc(C#N)c(C#N)c2)C1. The first-order valence-corrected chi connectivity index (χ1v) is 6.50. The highest BCUT2D eigenvalue weighted by Gasteiger charge is 2.21. The Hall–Kier alpha value is -2.04. The number of anilines is 1. The molecule has 0 spiro atoms. The summed E-state index contributed by atoms with van der Waals surface area (Å²) < 4.78 is 5.41. The predicted octanol–water partition coefficient (Wildman–Crippen LogP) is 2.80. The molecule has 2 unspecified atom stereocenters. The minimum absolute atomic E-state index is 0.320. The monoisotopic (exact) mass is 255 g/mol. The summed E-state index contributed by atoms with van der Waals surface area (Å²) >= 11 is 0. The molecule has 0 aliphatic heterocycles. The fourth-order valence-corrected chi connectivity index (χ4v) is 2.55. The molecule has 0 heterocycles. The molecule has 0 amide bonds. The highest BCUT2D eigenvalue weighted by Crippen LogP contribution is 2.24. The van der Waals surface area contributed by atoms with Gasteiger partial charge in [-0.25, -0.2) is 0 Å². The average molecular weight is 255 g/mol. The van der Waals surface area contributed by atoms with Gasteiger partial charge in [0, 0.05) is 18.8 Å². The van der Waals surface area contributed by atoms with E-state index in [1.165, 1.54) is 0 Å². The Balaban J connectivity index is 2.07. The molecule has 98 valence electrons. The molecule has 2 atom stereocenters. The molecular weight excluding hydrogens is 238 g/mol. The van der Waals surface area contributed by atoms with Crippen LogP contribution in [0.25, 0.3) is 0 Å². The standard InChI is InChI=1S/C15H17N3O/c1-19-15-4-2-3-13(8-15)18-14-6-5-11(9-16)12(7-14)10-17/h5-7,13,15,18H,2-4,8H2,1H3. The fourth-order valence-electron chi connectivity index (χ4n) is 2.55. The van der Waals surface area contributed by atoms with E-state index in [4.69, 9.17) is 15.3 Å². The first-order chi connectivity index (χ1) is 9.26. The summed E-state index contributed by atoms with van der Waals surface area (Å²) in [5.41, 5.74) is 1.75. The number of nitrogens with zero attached hydrogens (tertiary/aromatic N) is 2. The third-order valence-electron chi connectivity index (χ3n) is 3.59. The molecule has 1 aliphatic rings. The van der Waals surface area contributed by atoms with Gasteiger partial charge < -0.3 is 10.1 Å². The molecule has 4 nitrogen and oxygen atoms in total. The zero-order valence-corrected chi connectivity index (χ0v) is 11.0. The van der Waals surface area contributed by atoms with Crippen molar-refractivity contribution in [2.24, 2.45) is 0 Å². The van der Waals surface area contributed by atoms with Crippen molar-refractivity contribution in [3.8, 4) is 12.1 Å². The molecule has 1 aromatic rings. The minimum Gasteiger partial charge on any atom is -0.382 e. The van der Waals surface area contributed by atoms with Crippen LogP contribution < -0.4 is 5.32 Å². The fraction of sp³-hybridized carbons (Fsp3) is 0.467. The zero-order valence-electron chi connectivity index (χ0n) is 11.0. The molecule has 1 fully saturated rings. The number of methoxy groups -OCH3 is 1. The van der Waals surface area contributed by atoms with Crippen LogP contribution in [0.4, 0.5) is 5.69 Å². The summed E-state index contributed by atoms with van der Waals surface area (Å²) in [6.07, 6.45) is 4.68. The van der Waals surface area contributed by atoms with Gasteiger partial charge in [0.1, 0.15) is 12.1 Å². The Kier molecular flexibility index (Phi) is 4.39. The van der Waals surface area contributed by atoms with E-state index < -0.39 is 0 Å². The van der Waals surface area contributed by atoms with E-state index in [0.717, 1.165) is 31.4 Å². The van der Waals surface area contributed by atoms with Gasteiger partial charge in [0.2, 0.25) is 0 Å². The van der Waals surface area contributed by atoms with Gasteiger partial charge in [0.15, 0.2) is 0 Å². The number of rotatable bonds is 3. The number of hydrogen-bond donors (Lipinski definition) is 1. The van der Waals surface area contributed by atoms with Crippen molar-refractivity contribution in [3.63, 3.8) is 0 Å². The number of nitriles is 2. The van der Waals surface area contributed by atoms with E-state index in [1.807, 2.05) is 12.1 Å². The largest absolute Gasteiger partial charge is 0.382 e. The molecule has 0 bridgehead atoms. The van der Waals surface area contributed by atoms with E-state index >= 15 is 0 Å². The Bertz CT molecular complexity index is 527. The molecular formula is C15H17N3O. The molecule has 0 radical (unpaired) electrons. The van der Waals surface area contributed by atoms with E-state index in [9.17, 15) is 0 Å². The number of ether oxygens (including phenoxy) is 1. The quantitative estimate of drug-likeness (QED) is 0.901. The summed E-state index contributed by atoms with van der Waals surface area (Å²) in [7, 11) is 1.75. The highest BCUT2D eigenvalue weighted by atomic mass is 16.5. The third-order valence-corrected chi connectivity index (χ3v) is 3.59. The molecule has 0 aromatic heterocycles. The lowest BCUT2D eigenvalue weighted by Gasteiger charge is -2.29. The van der Waals surface area contributed by atoms with Gasteiger partial charge in [-0.15, -0.1) is 0 Å². The summed E-state index contributed by atoms with van der Waals surface area (Å²) in [5.74, 6) is 0.